The molecule has 16 heavy (non-hydrogen) atoms. The van der Waals surface area contributed by atoms with Crippen LogP contribution in [0.25, 0.3) is 0 Å². The van der Waals surface area contributed by atoms with Crippen molar-refractivity contribution in [3.63, 3.8) is 0 Å². The van der Waals surface area contributed by atoms with E-state index in [4.69, 9.17) is 4.42 Å². The third kappa shape index (κ3) is 2.88. The van der Waals surface area contributed by atoms with Gasteiger partial charge in [0.15, 0.2) is 0 Å². The summed E-state index contributed by atoms with van der Waals surface area (Å²) < 4.78 is 5.42. The Morgan fingerprint density at radius 2 is 2.12 bits per heavy atom. The second-order valence-corrected chi connectivity index (χ2v) is 5.03. The SMILES string of the molecule is CCC1CCC(NC(C)c2ccco2)CC1. The summed E-state index contributed by atoms with van der Waals surface area (Å²) in [5.41, 5.74) is 0. The van der Waals surface area contributed by atoms with Crippen molar-refractivity contribution in [3.05, 3.63) is 24.2 Å². The standard InChI is InChI=1S/C14H23NO/c1-3-12-6-8-13(9-7-12)15-11(2)14-5-4-10-16-14/h4-5,10-13,15H,3,6-9H2,1-2H3. The van der Waals surface area contributed by atoms with Crippen LogP contribution in [0.5, 0.6) is 0 Å². The molecular weight excluding hydrogens is 198 g/mol. The molecule has 1 fully saturated rings. The molecule has 1 saturated carbocycles. The first-order chi connectivity index (χ1) is 7.79. The van der Waals surface area contributed by atoms with Gasteiger partial charge in [0.2, 0.25) is 0 Å². The van der Waals surface area contributed by atoms with E-state index in [2.05, 4.69) is 25.2 Å². The Labute approximate surface area is 98.4 Å². The molecule has 2 nitrogen and oxygen atoms in total. The minimum Gasteiger partial charge on any atom is -0.468 e. The molecule has 1 aliphatic carbocycles. The van der Waals surface area contributed by atoms with E-state index in [0.717, 1.165) is 11.7 Å². The topological polar surface area (TPSA) is 25.2 Å². The summed E-state index contributed by atoms with van der Waals surface area (Å²) in [7, 11) is 0. The van der Waals surface area contributed by atoms with Crippen molar-refractivity contribution in [2.45, 2.75) is 58.0 Å². The Morgan fingerprint density at radius 1 is 1.38 bits per heavy atom. The van der Waals surface area contributed by atoms with E-state index >= 15 is 0 Å². The minimum absolute atomic E-state index is 0.346. The maximum atomic E-state index is 5.42. The predicted molar refractivity (Wildman–Crippen MR) is 66.3 cm³/mol. The number of hydrogen-bond donors (Lipinski definition) is 1. The van der Waals surface area contributed by atoms with Gasteiger partial charge in [-0.05, 0) is 50.7 Å². The van der Waals surface area contributed by atoms with Gasteiger partial charge < -0.3 is 9.73 Å². The fraction of sp³-hybridized carbons (Fsp3) is 0.714. The molecule has 1 unspecified atom stereocenters. The first kappa shape index (κ1) is 11.7. The van der Waals surface area contributed by atoms with Crippen molar-refractivity contribution in [2.75, 3.05) is 0 Å². The molecule has 1 aromatic rings. The lowest BCUT2D eigenvalue weighted by molar-refractivity contribution is 0.264. The molecule has 1 atom stereocenters. The highest BCUT2D eigenvalue weighted by Gasteiger charge is 2.21. The number of nitrogens with one attached hydrogen (secondary N) is 1. The average Bonchev–Trinajstić information content (AvgIpc) is 2.83. The molecule has 1 N–H and O–H groups in total. The molecular formula is C14H23NO. The Bertz CT molecular complexity index is 286. The van der Waals surface area contributed by atoms with E-state index < -0.39 is 0 Å². The normalized spacial score (nSPS) is 27.9. The van der Waals surface area contributed by atoms with Crippen LogP contribution in [-0.4, -0.2) is 6.04 Å². The fourth-order valence-electron chi connectivity index (χ4n) is 2.71. The Kier molecular flexibility index (Phi) is 4.05. The lowest BCUT2D eigenvalue weighted by Gasteiger charge is -2.30. The first-order valence-electron chi connectivity index (χ1n) is 6.59. The number of rotatable bonds is 4. The minimum atomic E-state index is 0.346. The Hall–Kier alpha value is -0.760. The van der Waals surface area contributed by atoms with Crippen molar-refractivity contribution in [2.24, 2.45) is 5.92 Å². The van der Waals surface area contributed by atoms with E-state index in [1.807, 2.05) is 6.07 Å². The van der Waals surface area contributed by atoms with Gasteiger partial charge in [-0.1, -0.05) is 13.3 Å². The van der Waals surface area contributed by atoms with E-state index in [0.29, 0.717) is 12.1 Å². The van der Waals surface area contributed by atoms with Crippen LogP contribution < -0.4 is 5.32 Å². The molecule has 1 aromatic heterocycles. The molecule has 0 bridgehead atoms. The second kappa shape index (κ2) is 5.53. The van der Waals surface area contributed by atoms with Gasteiger partial charge in [0.1, 0.15) is 5.76 Å². The van der Waals surface area contributed by atoms with Gasteiger partial charge in [-0.25, -0.2) is 0 Å². The van der Waals surface area contributed by atoms with Crippen LogP contribution in [0.3, 0.4) is 0 Å². The third-order valence-corrected chi connectivity index (χ3v) is 3.88. The van der Waals surface area contributed by atoms with Crippen molar-refractivity contribution in [3.8, 4) is 0 Å². The summed E-state index contributed by atoms with van der Waals surface area (Å²) in [5, 5.41) is 3.67. The van der Waals surface area contributed by atoms with E-state index in [1.165, 1.54) is 32.1 Å². The van der Waals surface area contributed by atoms with Gasteiger partial charge in [-0.2, -0.15) is 0 Å². The lowest BCUT2D eigenvalue weighted by atomic mass is 9.84. The monoisotopic (exact) mass is 221 g/mol. The molecule has 0 saturated heterocycles. The van der Waals surface area contributed by atoms with E-state index in [-0.39, 0.29) is 0 Å². The fourth-order valence-corrected chi connectivity index (χ4v) is 2.71. The molecule has 1 aliphatic rings. The van der Waals surface area contributed by atoms with Crippen molar-refractivity contribution in [1.82, 2.24) is 5.32 Å². The van der Waals surface area contributed by atoms with Crippen LogP contribution in [0.4, 0.5) is 0 Å². The quantitative estimate of drug-likeness (QED) is 0.834. The molecule has 0 aromatic carbocycles. The zero-order valence-corrected chi connectivity index (χ0v) is 10.4. The van der Waals surface area contributed by atoms with Crippen LogP contribution >= 0.6 is 0 Å². The molecule has 0 spiro atoms. The Balaban J connectivity index is 1.78. The summed E-state index contributed by atoms with van der Waals surface area (Å²) in [6.45, 7) is 4.49. The third-order valence-electron chi connectivity index (χ3n) is 3.88. The van der Waals surface area contributed by atoms with Crippen LogP contribution in [0.2, 0.25) is 0 Å². The van der Waals surface area contributed by atoms with Gasteiger partial charge in [-0.15, -0.1) is 0 Å². The van der Waals surface area contributed by atoms with Crippen molar-refractivity contribution < 1.29 is 4.42 Å². The van der Waals surface area contributed by atoms with E-state index in [9.17, 15) is 0 Å². The van der Waals surface area contributed by atoms with Gasteiger partial charge >= 0.3 is 0 Å². The van der Waals surface area contributed by atoms with Gasteiger partial charge in [0, 0.05) is 6.04 Å². The van der Waals surface area contributed by atoms with E-state index in [1.54, 1.807) is 6.26 Å². The highest BCUT2D eigenvalue weighted by atomic mass is 16.3. The lowest BCUT2D eigenvalue weighted by Crippen LogP contribution is -2.34. The van der Waals surface area contributed by atoms with Crippen LogP contribution in [0.1, 0.15) is 57.8 Å². The molecule has 2 rings (SSSR count). The number of hydrogen-bond acceptors (Lipinski definition) is 2. The highest BCUT2D eigenvalue weighted by molar-refractivity contribution is 5.03. The maximum Gasteiger partial charge on any atom is 0.120 e. The summed E-state index contributed by atoms with van der Waals surface area (Å²) >= 11 is 0. The zero-order chi connectivity index (χ0) is 11.4. The molecule has 2 heteroatoms. The zero-order valence-electron chi connectivity index (χ0n) is 10.4. The highest BCUT2D eigenvalue weighted by Crippen LogP contribution is 2.28. The van der Waals surface area contributed by atoms with Gasteiger partial charge in [0.05, 0.1) is 12.3 Å². The van der Waals surface area contributed by atoms with Crippen molar-refractivity contribution >= 4 is 0 Å². The molecule has 1 heterocycles. The average molecular weight is 221 g/mol. The van der Waals surface area contributed by atoms with Crippen LogP contribution in [0, 0.1) is 5.92 Å². The molecule has 0 amide bonds. The predicted octanol–water partition coefficient (Wildman–Crippen LogP) is 3.90. The maximum absolute atomic E-state index is 5.42. The second-order valence-electron chi connectivity index (χ2n) is 5.03. The van der Waals surface area contributed by atoms with Crippen LogP contribution in [-0.2, 0) is 0 Å². The largest absolute Gasteiger partial charge is 0.468 e. The smallest absolute Gasteiger partial charge is 0.120 e. The van der Waals surface area contributed by atoms with Gasteiger partial charge in [0.25, 0.3) is 0 Å². The molecule has 0 radical (unpaired) electrons. The first-order valence-corrected chi connectivity index (χ1v) is 6.59. The Morgan fingerprint density at radius 3 is 2.69 bits per heavy atom. The molecule has 0 aliphatic heterocycles. The number of furan rings is 1. The summed E-state index contributed by atoms with van der Waals surface area (Å²) in [4.78, 5) is 0. The summed E-state index contributed by atoms with van der Waals surface area (Å²) in [6.07, 6.45) is 8.52. The van der Waals surface area contributed by atoms with Gasteiger partial charge in [-0.3, -0.25) is 0 Å². The summed E-state index contributed by atoms with van der Waals surface area (Å²) in [5.74, 6) is 2.02. The van der Waals surface area contributed by atoms with Crippen LogP contribution in [0.15, 0.2) is 22.8 Å². The summed E-state index contributed by atoms with van der Waals surface area (Å²) in [6, 6.07) is 5.04. The van der Waals surface area contributed by atoms with Crippen molar-refractivity contribution in [1.29, 1.82) is 0 Å². The molecule has 90 valence electrons.